The molecule has 0 aliphatic rings. The minimum absolute atomic E-state index is 0.204. The molecule has 1 N–H and O–H groups in total. The number of carbonyl (C=O) groups excluding carboxylic acids is 1. The second-order valence-corrected chi connectivity index (χ2v) is 4.10. The van der Waals surface area contributed by atoms with E-state index < -0.39 is 5.91 Å². The maximum atomic E-state index is 11.6. The number of benzene rings is 2. The summed E-state index contributed by atoms with van der Waals surface area (Å²) in [5.41, 5.74) is 3.63. The molecule has 0 heterocycles. The molecular weight excluding hydrogens is 266 g/mol. The van der Waals surface area contributed by atoms with Gasteiger partial charge in [-0.3, -0.25) is 4.79 Å². The molecule has 0 saturated heterocycles. The number of nitrogens with zero attached hydrogens (tertiary/aromatic N) is 2. The molecule has 0 fully saturated rings. The van der Waals surface area contributed by atoms with Crippen LogP contribution in [0.15, 0.2) is 59.7 Å². The third-order valence-corrected chi connectivity index (χ3v) is 2.57. The first-order valence-electron chi connectivity index (χ1n) is 6.28. The van der Waals surface area contributed by atoms with Gasteiger partial charge < -0.3 is 4.74 Å². The first kappa shape index (κ1) is 14.3. The molecule has 0 unspecified atom stereocenters. The number of para-hydroxylation sites is 1. The van der Waals surface area contributed by atoms with Crippen LogP contribution < -0.4 is 10.2 Å². The molecule has 0 atom stereocenters. The summed E-state index contributed by atoms with van der Waals surface area (Å²) >= 11 is 0. The third kappa shape index (κ3) is 4.48. The predicted molar refractivity (Wildman–Crippen MR) is 78.8 cm³/mol. The van der Waals surface area contributed by atoms with E-state index in [0.717, 1.165) is 5.56 Å². The molecule has 0 spiro atoms. The summed E-state index contributed by atoms with van der Waals surface area (Å²) in [7, 11) is 0. The highest BCUT2D eigenvalue weighted by Gasteiger charge is 2.05. The zero-order valence-electron chi connectivity index (χ0n) is 11.2. The highest BCUT2D eigenvalue weighted by molar-refractivity contribution is 5.82. The Labute approximate surface area is 122 Å². The maximum absolute atomic E-state index is 11.6. The lowest BCUT2D eigenvalue weighted by molar-refractivity contribution is -0.123. The van der Waals surface area contributed by atoms with E-state index in [2.05, 4.69) is 10.5 Å². The van der Waals surface area contributed by atoms with Crippen molar-refractivity contribution in [3.05, 3.63) is 65.7 Å². The van der Waals surface area contributed by atoms with Gasteiger partial charge in [-0.15, -0.1) is 0 Å². The van der Waals surface area contributed by atoms with Gasteiger partial charge in [-0.2, -0.15) is 10.4 Å². The molecule has 0 radical (unpaired) electrons. The van der Waals surface area contributed by atoms with Crippen molar-refractivity contribution in [1.82, 2.24) is 5.43 Å². The van der Waals surface area contributed by atoms with E-state index in [1.165, 1.54) is 0 Å². The van der Waals surface area contributed by atoms with Crippen molar-refractivity contribution in [2.24, 2.45) is 5.10 Å². The fourth-order valence-corrected chi connectivity index (χ4v) is 1.58. The summed E-state index contributed by atoms with van der Waals surface area (Å²) in [6, 6.07) is 18.1. The lowest BCUT2D eigenvalue weighted by Gasteiger charge is -2.06. The fourth-order valence-electron chi connectivity index (χ4n) is 1.58. The normalized spacial score (nSPS) is 10.0. The number of nitrogens with one attached hydrogen (secondary N) is 1. The van der Waals surface area contributed by atoms with Crippen LogP contribution in [-0.4, -0.2) is 18.7 Å². The molecule has 2 aromatic carbocycles. The lowest BCUT2D eigenvalue weighted by Crippen LogP contribution is -2.24. The van der Waals surface area contributed by atoms with Crippen molar-refractivity contribution in [2.45, 2.75) is 0 Å². The third-order valence-electron chi connectivity index (χ3n) is 2.57. The van der Waals surface area contributed by atoms with Crippen molar-refractivity contribution < 1.29 is 9.53 Å². The number of rotatable bonds is 5. The van der Waals surface area contributed by atoms with Crippen molar-refractivity contribution in [3.63, 3.8) is 0 Å². The SMILES string of the molecule is N#Cc1ccccc1OCC(=O)N/N=C\c1ccccc1. The minimum Gasteiger partial charge on any atom is -0.482 e. The van der Waals surface area contributed by atoms with Crippen molar-refractivity contribution in [3.8, 4) is 11.8 Å². The van der Waals surface area contributed by atoms with Gasteiger partial charge in [-0.1, -0.05) is 42.5 Å². The molecule has 0 bridgehead atoms. The Balaban J connectivity index is 1.83. The van der Waals surface area contributed by atoms with Gasteiger partial charge in [0, 0.05) is 0 Å². The minimum atomic E-state index is -0.394. The number of carbonyl (C=O) groups is 1. The van der Waals surface area contributed by atoms with E-state index in [4.69, 9.17) is 10.00 Å². The second-order valence-electron chi connectivity index (χ2n) is 4.10. The fraction of sp³-hybridized carbons (Fsp3) is 0.0625. The van der Waals surface area contributed by atoms with Crippen LogP contribution in [0.25, 0.3) is 0 Å². The van der Waals surface area contributed by atoms with Gasteiger partial charge in [0.05, 0.1) is 11.8 Å². The summed E-state index contributed by atoms with van der Waals surface area (Å²) < 4.78 is 5.28. The van der Waals surface area contributed by atoms with Crippen LogP contribution in [0.2, 0.25) is 0 Å². The largest absolute Gasteiger partial charge is 0.482 e. The standard InChI is InChI=1S/C16H13N3O2/c17-10-14-8-4-5-9-15(14)21-12-16(20)19-18-11-13-6-2-1-3-7-13/h1-9,11H,12H2,(H,19,20)/b18-11-. The number of ether oxygens (including phenoxy) is 1. The molecule has 0 aliphatic carbocycles. The molecule has 104 valence electrons. The number of hydrogen-bond donors (Lipinski definition) is 1. The van der Waals surface area contributed by atoms with Crippen molar-refractivity contribution >= 4 is 12.1 Å². The number of nitriles is 1. The Morgan fingerprint density at radius 1 is 1.19 bits per heavy atom. The average molecular weight is 279 g/mol. The smallest absolute Gasteiger partial charge is 0.277 e. The Morgan fingerprint density at radius 2 is 1.90 bits per heavy atom. The highest BCUT2D eigenvalue weighted by Crippen LogP contribution is 2.15. The lowest BCUT2D eigenvalue weighted by atomic mass is 10.2. The van der Waals surface area contributed by atoms with Gasteiger partial charge in [-0.25, -0.2) is 5.43 Å². The topological polar surface area (TPSA) is 74.5 Å². The summed E-state index contributed by atoms with van der Waals surface area (Å²) in [6.45, 7) is -0.204. The molecular formula is C16H13N3O2. The molecule has 1 amide bonds. The van der Waals surface area contributed by atoms with Crippen LogP contribution in [0.1, 0.15) is 11.1 Å². The highest BCUT2D eigenvalue weighted by atomic mass is 16.5. The molecule has 0 saturated carbocycles. The van der Waals surface area contributed by atoms with Crippen LogP contribution >= 0.6 is 0 Å². The van der Waals surface area contributed by atoms with Gasteiger partial charge in [0.25, 0.3) is 5.91 Å². The van der Waals surface area contributed by atoms with Crippen LogP contribution in [0.4, 0.5) is 0 Å². The number of amides is 1. The summed E-state index contributed by atoms with van der Waals surface area (Å²) in [5.74, 6) is -0.0166. The van der Waals surface area contributed by atoms with Gasteiger partial charge in [0.1, 0.15) is 11.8 Å². The Kier molecular flexibility index (Phi) is 5.07. The Hall–Kier alpha value is -3.13. The molecule has 5 nitrogen and oxygen atoms in total. The van der Waals surface area contributed by atoms with Crippen LogP contribution in [0.5, 0.6) is 5.75 Å². The predicted octanol–water partition coefficient (Wildman–Crippen LogP) is 2.09. The number of hydrazone groups is 1. The van der Waals surface area contributed by atoms with E-state index in [9.17, 15) is 4.79 Å². The molecule has 2 rings (SSSR count). The first-order valence-corrected chi connectivity index (χ1v) is 6.28. The van der Waals surface area contributed by atoms with E-state index in [1.807, 2.05) is 36.4 Å². The van der Waals surface area contributed by atoms with E-state index in [1.54, 1.807) is 30.5 Å². The molecule has 0 aliphatic heterocycles. The zero-order chi connectivity index (χ0) is 14.9. The first-order chi connectivity index (χ1) is 10.3. The van der Waals surface area contributed by atoms with Crippen molar-refractivity contribution in [2.75, 3.05) is 6.61 Å². The molecule has 5 heteroatoms. The Morgan fingerprint density at radius 3 is 2.67 bits per heavy atom. The van der Waals surface area contributed by atoms with Gasteiger partial charge in [0.2, 0.25) is 0 Å². The van der Waals surface area contributed by atoms with Crippen LogP contribution in [0.3, 0.4) is 0 Å². The van der Waals surface area contributed by atoms with Gasteiger partial charge in [-0.05, 0) is 17.7 Å². The van der Waals surface area contributed by atoms with Crippen molar-refractivity contribution in [1.29, 1.82) is 5.26 Å². The average Bonchev–Trinajstić information content (AvgIpc) is 2.54. The molecule has 0 aromatic heterocycles. The van der Waals surface area contributed by atoms with Crippen LogP contribution in [-0.2, 0) is 4.79 Å². The second kappa shape index (κ2) is 7.46. The molecule has 21 heavy (non-hydrogen) atoms. The number of hydrogen-bond acceptors (Lipinski definition) is 4. The Bertz CT molecular complexity index is 675. The molecule has 2 aromatic rings. The summed E-state index contributed by atoms with van der Waals surface area (Å²) in [6.07, 6.45) is 1.54. The van der Waals surface area contributed by atoms with Gasteiger partial charge in [0.15, 0.2) is 6.61 Å². The van der Waals surface area contributed by atoms with E-state index in [0.29, 0.717) is 11.3 Å². The van der Waals surface area contributed by atoms with Crippen LogP contribution in [0, 0.1) is 11.3 Å². The van der Waals surface area contributed by atoms with E-state index in [-0.39, 0.29) is 6.61 Å². The zero-order valence-corrected chi connectivity index (χ0v) is 11.2. The monoisotopic (exact) mass is 279 g/mol. The maximum Gasteiger partial charge on any atom is 0.277 e. The van der Waals surface area contributed by atoms with Gasteiger partial charge >= 0.3 is 0 Å². The summed E-state index contributed by atoms with van der Waals surface area (Å²) in [4.78, 5) is 11.6. The quantitative estimate of drug-likeness (QED) is 0.672. The van der Waals surface area contributed by atoms with E-state index >= 15 is 0 Å². The summed E-state index contributed by atoms with van der Waals surface area (Å²) in [5, 5.41) is 12.7.